The number of piperazine rings is 1. The summed E-state index contributed by atoms with van der Waals surface area (Å²) >= 11 is 0. The van der Waals surface area contributed by atoms with Crippen LogP contribution in [-0.4, -0.2) is 73.3 Å². The van der Waals surface area contributed by atoms with E-state index in [2.05, 4.69) is 20.5 Å². The Morgan fingerprint density at radius 2 is 2.00 bits per heavy atom. The van der Waals surface area contributed by atoms with Crippen molar-refractivity contribution in [1.29, 1.82) is 0 Å². The molecule has 0 aliphatic carbocycles. The van der Waals surface area contributed by atoms with Gasteiger partial charge in [-0.3, -0.25) is 14.6 Å². The number of carboxylic acid groups (broad SMARTS) is 1. The molecule has 1 atom stereocenters. The number of nitrogens with one attached hydrogen (secondary N) is 2. The normalized spacial score (nSPS) is 18.1. The smallest absolute Gasteiger partial charge is 0.306 e. The molecule has 0 spiro atoms. The van der Waals surface area contributed by atoms with Gasteiger partial charge in [0, 0.05) is 44.8 Å². The van der Waals surface area contributed by atoms with Crippen molar-refractivity contribution >= 4 is 23.5 Å². The van der Waals surface area contributed by atoms with E-state index in [0.29, 0.717) is 18.8 Å². The summed E-state index contributed by atoms with van der Waals surface area (Å²) < 4.78 is 14.6. The van der Waals surface area contributed by atoms with Gasteiger partial charge in [0.1, 0.15) is 5.82 Å². The lowest BCUT2D eigenvalue weighted by Crippen LogP contribution is -2.53. The standard InChI is InChI=1S/C18H25FN6O3/c19-13-10-12(17(28)23-15(20)11-16(26)27)2-3-14(13)24-6-8-25(9-7-24)18-21-4-1-5-22-18/h2-3,10,15H,1,4-9,11,20H2,(H,21,22)(H,23,28)(H,26,27). The second-order valence-electron chi connectivity index (χ2n) is 6.80. The molecule has 2 heterocycles. The van der Waals surface area contributed by atoms with Crippen LogP contribution in [0, 0.1) is 5.82 Å². The van der Waals surface area contributed by atoms with Crippen molar-refractivity contribution < 1.29 is 19.1 Å². The molecule has 1 saturated heterocycles. The Hall–Kier alpha value is -2.88. The number of carbonyl (C=O) groups excluding carboxylic acids is 1. The fourth-order valence-electron chi connectivity index (χ4n) is 3.29. The van der Waals surface area contributed by atoms with Gasteiger partial charge in [0.05, 0.1) is 18.3 Å². The molecule has 0 bridgehead atoms. The zero-order chi connectivity index (χ0) is 20.1. The lowest BCUT2D eigenvalue weighted by molar-refractivity contribution is -0.137. The van der Waals surface area contributed by atoms with Crippen molar-refractivity contribution in [2.75, 3.05) is 44.2 Å². The highest BCUT2D eigenvalue weighted by molar-refractivity contribution is 5.95. The predicted molar refractivity (Wildman–Crippen MR) is 103 cm³/mol. The van der Waals surface area contributed by atoms with Crippen LogP contribution >= 0.6 is 0 Å². The van der Waals surface area contributed by atoms with E-state index in [9.17, 15) is 14.0 Å². The second kappa shape index (κ2) is 8.87. The summed E-state index contributed by atoms with van der Waals surface area (Å²) in [6, 6.07) is 4.23. The highest BCUT2D eigenvalue weighted by Crippen LogP contribution is 2.22. The SMILES string of the molecule is NC(CC(=O)O)NC(=O)c1ccc(N2CCN(C3=NCCCN3)CC2)c(F)c1. The summed E-state index contributed by atoms with van der Waals surface area (Å²) in [5, 5.41) is 14.3. The summed E-state index contributed by atoms with van der Waals surface area (Å²) in [6.45, 7) is 4.51. The van der Waals surface area contributed by atoms with Crippen molar-refractivity contribution in [3.63, 3.8) is 0 Å². The van der Waals surface area contributed by atoms with E-state index in [4.69, 9.17) is 10.8 Å². The van der Waals surface area contributed by atoms with Crippen LogP contribution in [0.1, 0.15) is 23.2 Å². The molecule has 3 rings (SSSR count). The van der Waals surface area contributed by atoms with Crippen molar-refractivity contribution in [3.8, 4) is 0 Å². The summed E-state index contributed by atoms with van der Waals surface area (Å²) in [6.07, 6.45) is -0.399. The molecule has 1 fully saturated rings. The van der Waals surface area contributed by atoms with Crippen LogP contribution in [0.2, 0.25) is 0 Å². The van der Waals surface area contributed by atoms with Gasteiger partial charge in [-0.2, -0.15) is 0 Å². The fourth-order valence-corrected chi connectivity index (χ4v) is 3.29. The number of hydrogen-bond acceptors (Lipinski definition) is 7. The van der Waals surface area contributed by atoms with Gasteiger partial charge < -0.3 is 31.3 Å². The number of nitrogens with two attached hydrogens (primary N) is 1. The lowest BCUT2D eigenvalue weighted by atomic mass is 10.1. The first kappa shape index (κ1) is 19.9. The van der Waals surface area contributed by atoms with E-state index < -0.39 is 30.3 Å². The first-order chi connectivity index (χ1) is 13.4. The summed E-state index contributed by atoms with van der Waals surface area (Å²) in [7, 11) is 0. The zero-order valence-electron chi connectivity index (χ0n) is 15.5. The number of hydrogen-bond donors (Lipinski definition) is 4. The highest BCUT2D eigenvalue weighted by Gasteiger charge is 2.23. The Morgan fingerprint density at radius 1 is 1.29 bits per heavy atom. The molecule has 0 aromatic heterocycles. The molecule has 1 amide bonds. The maximum absolute atomic E-state index is 14.6. The molecule has 5 N–H and O–H groups in total. The molecule has 2 aliphatic rings. The van der Waals surface area contributed by atoms with Crippen molar-refractivity contribution in [3.05, 3.63) is 29.6 Å². The van der Waals surface area contributed by atoms with Gasteiger partial charge in [0.2, 0.25) is 0 Å². The maximum Gasteiger partial charge on any atom is 0.306 e. The Labute approximate surface area is 162 Å². The van der Waals surface area contributed by atoms with Gasteiger partial charge in [-0.25, -0.2) is 4.39 Å². The van der Waals surface area contributed by atoms with Gasteiger partial charge >= 0.3 is 5.97 Å². The van der Waals surface area contributed by atoms with E-state index in [1.807, 2.05) is 4.90 Å². The van der Waals surface area contributed by atoms with Gasteiger partial charge in [0.15, 0.2) is 5.96 Å². The molecule has 28 heavy (non-hydrogen) atoms. The summed E-state index contributed by atoms with van der Waals surface area (Å²) in [5.74, 6) is -1.31. The van der Waals surface area contributed by atoms with Gasteiger partial charge in [-0.1, -0.05) is 0 Å². The second-order valence-corrected chi connectivity index (χ2v) is 6.80. The van der Waals surface area contributed by atoms with Crippen LogP contribution < -0.4 is 21.3 Å². The first-order valence-electron chi connectivity index (χ1n) is 9.30. The molecule has 0 saturated carbocycles. The van der Waals surface area contributed by atoms with Crippen molar-refractivity contribution in [2.24, 2.45) is 10.7 Å². The number of carboxylic acids is 1. The van der Waals surface area contributed by atoms with Crippen LogP contribution in [0.5, 0.6) is 0 Å². The Kier molecular flexibility index (Phi) is 6.30. The quantitative estimate of drug-likeness (QED) is 0.511. The zero-order valence-corrected chi connectivity index (χ0v) is 15.5. The van der Waals surface area contributed by atoms with Crippen molar-refractivity contribution in [2.45, 2.75) is 19.0 Å². The molecule has 0 radical (unpaired) electrons. The molecule has 1 aromatic carbocycles. The topological polar surface area (TPSA) is 123 Å². The van der Waals surface area contributed by atoms with Crippen LogP contribution in [-0.2, 0) is 4.79 Å². The third kappa shape index (κ3) is 4.89. The average molecular weight is 392 g/mol. The van der Waals surface area contributed by atoms with Gasteiger partial charge in [0.25, 0.3) is 5.91 Å². The van der Waals surface area contributed by atoms with E-state index in [0.717, 1.165) is 44.6 Å². The molecule has 152 valence electrons. The maximum atomic E-state index is 14.6. The minimum Gasteiger partial charge on any atom is -0.481 e. The minimum atomic E-state index is -1.12. The number of rotatable bonds is 5. The minimum absolute atomic E-state index is 0.0986. The Morgan fingerprint density at radius 3 is 2.61 bits per heavy atom. The molecular formula is C18H25FN6O3. The number of benzene rings is 1. The predicted octanol–water partition coefficient (Wildman–Crippen LogP) is -0.214. The van der Waals surface area contributed by atoms with Crippen LogP contribution in [0.3, 0.4) is 0 Å². The van der Waals surface area contributed by atoms with E-state index in [1.54, 1.807) is 6.07 Å². The first-order valence-corrected chi connectivity index (χ1v) is 9.30. The van der Waals surface area contributed by atoms with E-state index in [-0.39, 0.29) is 5.56 Å². The van der Waals surface area contributed by atoms with Crippen LogP contribution in [0.25, 0.3) is 0 Å². The molecule has 1 aromatic rings. The number of aliphatic imine (C=N–C) groups is 1. The molecule has 1 unspecified atom stereocenters. The molecular weight excluding hydrogens is 367 g/mol. The number of guanidine groups is 1. The Bertz CT molecular complexity index is 764. The van der Waals surface area contributed by atoms with Crippen LogP contribution in [0.4, 0.5) is 10.1 Å². The molecule has 2 aliphatic heterocycles. The number of aliphatic carboxylic acids is 1. The largest absolute Gasteiger partial charge is 0.481 e. The average Bonchev–Trinajstić information content (AvgIpc) is 2.68. The highest BCUT2D eigenvalue weighted by atomic mass is 19.1. The molecule has 10 heteroatoms. The van der Waals surface area contributed by atoms with Gasteiger partial charge in [-0.15, -0.1) is 0 Å². The van der Waals surface area contributed by atoms with Gasteiger partial charge in [-0.05, 0) is 24.6 Å². The van der Waals surface area contributed by atoms with E-state index >= 15 is 0 Å². The third-order valence-electron chi connectivity index (χ3n) is 4.72. The number of anilines is 1. The van der Waals surface area contributed by atoms with E-state index in [1.165, 1.54) is 6.07 Å². The summed E-state index contributed by atoms with van der Waals surface area (Å²) in [5.41, 5.74) is 6.07. The fraction of sp³-hybridized carbons (Fsp3) is 0.500. The van der Waals surface area contributed by atoms with Crippen molar-refractivity contribution in [1.82, 2.24) is 15.5 Å². The van der Waals surface area contributed by atoms with Crippen LogP contribution in [0.15, 0.2) is 23.2 Å². The number of carbonyl (C=O) groups is 2. The Balaban J connectivity index is 1.59. The number of amides is 1. The lowest BCUT2D eigenvalue weighted by Gasteiger charge is -2.38. The summed E-state index contributed by atoms with van der Waals surface area (Å²) in [4.78, 5) is 31.3. The number of halogens is 1. The number of nitrogens with zero attached hydrogens (tertiary/aromatic N) is 3. The molecule has 9 nitrogen and oxygen atoms in total. The monoisotopic (exact) mass is 392 g/mol. The third-order valence-corrected chi connectivity index (χ3v) is 4.72.